The number of aromatic nitrogens is 3. The van der Waals surface area contributed by atoms with E-state index in [0.29, 0.717) is 11.9 Å². The van der Waals surface area contributed by atoms with Crippen molar-refractivity contribution in [2.45, 2.75) is 0 Å². The highest BCUT2D eigenvalue weighted by Gasteiger charge is 2.20. The van der Waals surface area contributed by atoms with Gasteiger partial charge in [-0.05, 0) is 29.3 Å². The molecule has 0 fully saturated rings. The van der Waals surface area contributed by atoms with Crippen LogP contribution in [-0.2, 0) is 0 Å². The largest absolute Gasteiger partial charge is 0.406 e. The third kappa shape index (κ3) is 4.42. The average molecular weight is 516 g/mol. The highest BCUT2D eigenvalue weighted by atomic mass is 16.5. The van der Waals surface area contributed by atoms with Crippen LogP contribution in [0.4, 0.5) is 0 Å². The quantitative estimate of drug-likeness (QED) is 0.222. The molecule has 190 valence electrons. The van der Waals surface area contributed by atoms with Gasteiger partial charge in [-0.1, -0.05) is 127 Å². The lowest BCUT2D eigenvalue weighted by Crippen LogP contribution is -2.01. The second-order valence-corrected chi connectivity index (χ2v) is 9.48. The van der Waals surface area contributed by atoms with E-state index < -0.39 is 0 Å². The fraction of sp³-hybridized carbons (Fsp3) is 0. The zero-order chi connectivity index (χ0) is 26.7. The van der Waals surface area contributed by atoms with Crippen LogP contribution in [0.1, 0.15) is 0 Å². The summed E-state index contributed by atoms with van der Waals surface area (Å²) in [7, 11) is 0. The number of ether oxygens (including phenoxy) is 1. The van der Waals surface area contributed by atoms with Gasteiger partial charge in [0.05, 0.1) is 16.9 Å². The Kier molecular flexibility index (Phi) is 6.11. The summed E-state index contributed by atoms with van der Waals surface area (Å²) in [5.41, 5.74) is 9.03. The van der Waals surface area contributed by atoms with E-state index >= 15 is 0 Å². The first-order valence-electron chi connectivity index (χ1n) is 13.3. The molecule has 7 aromatic rings. The number of imidazole rings is 1. The van der Waals surface area contributed by atoms with E-state index in [1.807, 2.05) is 78.9 Å². The Bertz CT molecular complexity index is 1910. The zero-order valence-electron chi connectivity index (χ0n) is 21.7. The summed E-state index contributed by atoms with van der Waals surface area (Å²) >= 11 is 0. The number of hydrogen-bond acceptors (Lipinski definition) is 3. The predicted molar refractivity (Wildman–Crippen MR) is 162 cm³/mol. The molecule has 0 unspecified atom stereocenters. The van der Waals surface area contributed by atoms with Gasteiger partial charge in [-0.3, -0.25) is 4.57 Å². The minimum Gasteiger partial charge on any atom is -0.406 e. The molecule has 40 heavy (non-hydrogen) atoms. The molecule has 0 N–H and O–H groups in total. The van der Waals surface area contributed by atoms with Crippen molar-refractivity contribution in [1.82, 2.24) is 14.5 Å². The summed E-state index contributed by atoms with van der Waals surface area (Å²) in [6, 6.07) is 51.8. The molecule has 2 aromatic heterocycles. The number of benzene rings is 5. The van der Waals surface area contributed by atoms with Gasteiger partial charge in [0.25, 0.3) is 0 Å². The van der Waals surface area contributed by atoms with Crippen LogP contribution in [0.5, 0.6) is 11.9 Å². The molecule has 2 heterocycles. The number of fused-ring (bicyclic) bond motifs is 1. The Hall–Kier alpha value is -5.48. The van der Waals surface area contributed by atoms with Gasteiger partial charge in [0.15, 0.2) is 0 Å². The second-order valence-electron chi connectivity index (χ2n) is 9.48. The van der Waals surface area contributed by atoms with Crippen molar-refractivity contribution in [3.8, 4) is 51.1 Å². The molecule has 0 aliphatic heterocycles. The molecule has 4 nitrogen and oxygen atoms in total. The van der Waals surface area contributed by atoms with Gasteiger partial charge in [-0.15, -0.1) is 0 Å². The van der Waals surface area contributed by atoms with Crippen molar-refractivity contribution in [3.63, 3.8) is 0 Å². The first kappa shape index (κ1) is 23.6. The molecule has 0 aliphatic rings. The maximum Gasteiger partial charge on any atom is 0.309 e. The zero-order valence-corrected chi connectivity index (χ0v) is 21.7. The van der Waals surface area contributed by atoms with Crippen molar-refractivity contribution in [3.05, 3.63) is 152 Å². The maximum absolute atomic E-state index is 6.53. The van der Waals surface area contributed by atoms with Gasteiger partial charge in [0.2, 0.25) is 5.88 Å². The molecule has 0 radical (unpaired) electrons. The molecular weight excluding hydrogens is 490 g/mol. The first-order chi connectivity index (χ1) is 19.8. The van der Waals surface area contributed by atoms with E-state index in [4.69, 9.17) is 14.7 Å². The van der Waals surface area contributed by atoms with Crippen LogP contribution in [0, 0.1) is 0 Å². The smallest absolute Gasteiger partial charge is 0.309 e. The van der Waals surface area contributed by atoms with Crippen LogP contribution in [0.2, 0.25) is 0 Å². The third-order valence-electron chi connectivity index (χ3n) is 6.96. The van der Waals surface area contributed by atoms with Gasteiger partial charge in [-0.25, -0.2) is 4.98 Å². The molecule has 0 saturated carbocycles. The molecule has 0 spiro atoms. The summed E-state index contributed by atoms with van der Waals surface area (Å²) in [5, 5.41) is 0. The van der Waals surface area contributed by atoms with E-state index in [2.05, 4.69) is 77.4 Å². The van der Waals surface area contributed by atoms with Crippen LogP contribution in [-0.4, -0.2) is 14.5 Å². The Morgan fingerprint density at radius 1 is 0.450 bits per heavy atom. The molecule has 7 rings (SSSR count). The van der Waals surface area contributed by atoms with Gasteiger partial charge < -0.3 is 4.74 Å². The molecule has 0 saturated heterocycles. The maximum atomic E-state index is 6.53. The van der Waals surface area contributed by atoms with Crippen LogP contribution in [0.25, 0.3) is 50.2 Å². The first-order valence-corrected chi connectivity index (χ1v) is 13.3. The van der Waals surface area contributed by atoms with Crippen molar-refractivity contribution >= 4 is 11.0 Å². The number of pyridine rings is 1. The topological polar surface area (TPSA) is 39.9 Å². The van der Waals surface area contributed by atoms with E-state index in [1.165, 1.54) is 0 Å². The SMILES string of the molecule is c1ccc(-c2cccc(Oc3nc4c(-c5ccccc5)cccc4n3-c3ccccc3-c3ccccc3)n2)cc1. The van der Waals surface area contributed by atoms with E-state index in [-0.39, 0.29) is 0 Å². The third-order valence-corrected chi connectivity index (χ3v) is 6.96. The van der Waals surface area contributed by atoms with Gasteiger partial charge in [-0.2, -0.15) is 4.98 Å². The Labute approximate surface area is 232 Å². The molecule has 0 amide bonds. The van der Waals surface area contributed by atoms with Crippen molar-refractivity contribution in [2.24, 2.45) is 0 Å². The van der Waals surface area contributed by atoms with Gasteiger partial charge in [0, 0.05) is 22.8 Å². The van der Waals surface area contributed by atoms with Crippen molar-refractivity contribution in [2.75, 3.05) is 0 Å². The lowest BCUT2D eigenvalue weighted by Gasteiger charge is -2.15. The Morgan fingerprint density at radius 2 is 1.02 bits per heavy atom. The summed E-state index contributed by atoms with van der Waals surface area (Å²) in [4.78, 5) is 9.93. The molecule has 4 heteroatoms. The monoisotopic (exact) mass is 515 g/mol. The molecule has 0 atom stereocenters. The highest BCUT2D eigenvalue weighted by Crippen LogP contribution is 2.38. The standard InChI is InChI=1S/C36H25N3O/c1-4-14-26(15-5-1)29-20-10-11-23-32(29)39-33-24-12-21-30(27-16-6-2-7-17-27)35(33)38-36(39)40-34-25-13-22-31(37-34)28-18-8-3-9-19-28/h1-25H. The Morgan fingerprint density at radius 3 is 1.75 bits per heavy atom. The predicted octanol–water partition coefficient (Wildman–Crippen LogP) is 9.21. The van der Waals surface area contributed by atoms with E-state index in [1.54, 1.807) is 0 Å². The van der Waals surface area contributed by atoms with Crippen LogP contribution < -0.4 is 4.74 Å². The number of hydrogen-bond donors (Lipinski definition) is 0. The van der Waals surface area contributed by atoms with E-state index in [9.17, 15) is 0 Å². The van der Waals surface area contributed by atoms with Gasteiger partial charge in [0.1, 0.15) is 5.52 Å². The highest BCUT2D eigenvalue weighted by molar-refractivity contribution is 5.94. The fourth-order valence-corrected chi connectivity index (χ4v) is 5.10. The van der Waals surface area contributed by atoms with Crippen molar-refractivity contribution in [1.29, 1.82) is 0 Å². The molecule has 0 aliphatic carbocycles. The van der Waals surface area contributed by atoms with Gasteiger partial charge >= 0.3 is 6.01 Å². The van der Waals surface area contributed by atoms with E-state index in [0.717, 1.165) is 50.2 Å². The summed E-state index contributed by atoms with van der Waals surface area (Å²) in [5.74, 6) is 0.483. The van der Waals surface area contributed by atoms with Crippen LogP contribution in [0.15, 0.2) is 152 Å². The lowest BCUT2D eigenvalue weighted by atomic mass is 10.0. The molecule has 5 aromatic carbocycles. The minimum atomic E-state index is 0.458. The lowest BCUT2D eigenvalue weighted by molar-refractivity contribution is 0.421. The fourth-order valence-electron chi connectivity index (χ4n) is 5.10. The number of para-hydroxylation sites is 2. The van der Waals surface area contributed by atoms with Crippen LogP contribution in [0.3, 0.4) is 0 Å². The normalized spacial score (nSPS) is 11.0. The average Bonchev–Trinajstić information content (AvgIpc) is 3.40. The summed E-state index contributed by atoms with van der Waals surface area (Å²) in [6.07, 6.45) is 0. The summed E-state index contributed by atoms with van der Waals surface area (Å²) < 4.78 is 8.63. The molecule has 0 bridgehead atoms. The minimum absolute atomic E-state index is 0.458. The Balaban J connectivity index is 1.44. The number of rotatable bonds is 6. The van der Waals surface area contributed by atoms with Crippen molar-refractivity contribution < 1.29 is 4.74 Å². The number of nitrogens with zero attached hydrogens (tertiary/aromatic N) is 3. The second kappa shape index (κ2) is 10.4. The van der Waals surface area contributed by atoms with Crippen LogP contribution >= 0.6 is 0 Å². The summed E-state index contributed by atoms with van der Waals surface area (Å²) in [6.45, 7) is 0. The molecular formula is C36H25N3O.